The van der Waals surface area contributed by atoms with Gasteiger partial charge in [-0.25, -0.2) is 4.79 Å². The Labute approximate surface area is 123 Å². The Morgan fingerprint density at radius 2 is 2.19 bits per heavy atom. The second kappa shape index (κ2) is 5.73. The Balaban J connectivity index is 2.46. The van der Waals surface area contributed by atoms with Gasteiger partial charge in [0.2, 0.25) is 5.91 Å². The van der Waals surface area contributed by atoms with Gasteiger partial charge in [0.25, 0.3) is 0 Å². The van der Waals surface area contributed by atoms with Crippen molar-refractivity contribution in [1.82, 2.24) is 0 Å². The quantitative estimate of drug-likeness (QED) is 0.877. The van der Waals surface area contributed by atoms with Crippen LogP contribution in [0.25, 0.3) is 0 Å². The zero-order valence-corrected chi connectivity index (χ0v) is 12.3. The van der Waals surface area contributed by atoms with Crippen LogP contribution in [-0.4, -0.2) is 36.7 Å². The highest BCUT2D eigenvalue weighted by atomic mass is 16.5. The number of ether oxygens (including phenoxy) is 1. The predicted molar refractivity (Wildman–Crippen MR) is 78.7 cm³/mol. The summed E-state index contributed by atoms with van der Waals surface area (Å²) in [5.74, 6) is -0.919. The molecule has 0 saturated heterocycles. The zero-order chi connectivity index (χ0) is 15.6. The molecule has 1 amide bonds. The molecule has 0 bridgehead atoms. The molecule has 0 fully saturated rings. The minimum atomic E-state index is -1.07. The number of nitrogens with two attached hydrogens (primary N) is 1. The predicted octanol–water partition coefficient (Wildman–Crippen LogP) is 1.49. The van der Waals surface area contributed by atoms with Crippen LogP contribution in [0, 0.1) is 5.41 Å². The minimum Gasteiger partial charge on any atom is -0.489 e. The summed E-state index contributed by atoms with van der Waals surface area (Å²) in [7, 11) is 0. The molecule has 3 N–H and O–H groups in total. The van der Waals surface area contributed by atoms with Crippen LogP contribution in [0.4, 0.5) is 5.69 Å². The average Bonchev–Trinajstić information content (AvgIpc) is 2.52. The van der Waals surface area contributed by atoms with Crippen LogP contribution in [0.5, 0.6) is 5.75 Å². The third-order valence-corrected chi connectivity index (χ3v) is 4.07. The van der Waals surface area contributed by atoms with E-state index in [4.69, 9.17) is 10.5 Å². The second-order valence-electron chi connectivity index (χ2n) is 5.38. The SMILES string of the molecule is CCC(C)(CN)C(=O)N1CCOc2c(C(=O)O)cccc21. The molecule has 1 aliphatic heterocycles. The summed E-state index contributed by atoms with van der Waals surface area (Å²) >= 11 is 0. The van der Waals surface area contributed by atoms with Gasteiger partial charge in [-0.2, -0.15) is 0 Å². The van der Waals surface area contributed by atoms with Crippen LogP contribution < -0.4 is 15.4 Å². The molecule has 1 unspecified atom stereocenters. The summed E-state index contributed by atoms with van der Waals surface area (Å²) in [6.07, 6.45) is 0.619. The third-order valence-electron chi connectivity index (χ3n) is 4.07. The van der Waals surface area contributed by atoms with E-state index in [9.17, 15) is 14.7 Å². The molecule has 1 heterocycles. The first-order valence-corrected chi connectivity index (χ1v) is 6.95. The molecule has 0 radical (unpaired) electrons. The van der Waals surface area contributed by atoms with Gasteiger partial charge >= 0.3 is 5.97 Å². The Kier molecular flexibility index (Phi) is 4.18. The largest absolute Gasteiger partial charge is 0.489 e. The normalized spacial score (nSPS) is 16.6. The fraction of sp³-hybridized carbons (Fsp3) is 0.467. The molecule has 0 aromatic heterocycles. The molecule has 6 nitrogen and oxygen atoms in total. The number of aromatic carboxylic acids is 1. The maximum Gasteiger partial charge on any atom is 0.339 e. The first-order chi connectivity index (χ1) is 9.94. The van der Waals surface area contributed by atoms with E-state index in [0.29, 0.717) is 18.7 Å². The van der Waals surface area contributed by atoms with Crippen LogP contribution in [0.1, 0.15) is 30.6 Å². The topological polar surface area (TPSA) is 92.9 Å². The number of anilines is 1. The molecule has 21 heavy (non-hydrogen) atoms. The van der Waals surface area contributed by atoms with E-state index in [1.54, 1.807) is 17.0 Å². The lowest BCUT2D eigenvalue weighted by atomic mass is 9.85. The first-order valence-electron chi connectivity index (χ1n) is 6.95. The Morgan fingerprint density at radius 1 is 1.48 bits per heavy atom. The van der Waals surface area contributed by atoms with E-state index < -0.39 is 11.4 Å². The lowest BCUT2D eigenvalue weighted by molar-refractivity contribution is -0.127. The summed E-state index contributed by atoms with van der Waals surface area (Å²) in [5, 5.41) is 9.21. The lowest BCUT2D eigenvalue weighted by Crippen LogP contribution is -2.49. The molecule has 0 saturated carbocycles. The van der Waals surface area contributed by atoms with Gasteiger partial charge in [0, 0.05) is 6.54 Å². The number of carboxylic acids is 1. The number of fused-ring (bicyclic) bond motifs is 1. The van der Waals surface area contributed by atoms with Crippen molar-refractivity contribution in [2.45, 2.75) is 20.3 Å². The van der Waals surface area contributed by atoms with E-state index in [2.05, 4.69) is 0 Å². The maximum atomic E-state index is 12.8. The van der Waals surface area contributed by atoms with Crippen molar-refractivity contribution < 1.29 is 19.4 Å². The maximum absolute atomic E-state index is 12.8. The highest BCUT2D eigenvalue weighted by Crippen LogP contribution is 2.37. The molecule has 1 atom stereocenters. The highest BCUT2D eigenvalue weighted by molar-refractivity contribution is 6.02. The number of nitrogens with zero attached hydrogens (tertiary/aromatic N) is 1. The van der Waals surface area contributed by atoms with Crippen molar-refractivity contribution in [2.75, 3.05) is 24.6 Å². The van der Waals surface area contributed by atoms with Crippen LogP contribution in [-0.2, 0) is 4.79 Å². The molecule has 114 valence electrons. The number of carbonyl (C=O) groups excluding carboxylic acids is 1. The summed E-state index contributed by atoms with van der Waals surface area (Å²) in [6, 6.07) is 4.78. The van der Waals surface area contributed by atoms with Gasteiger partial charge in [-0.1, -0.05) is 13.0 Å². The Hall–Kier alpha value is -2.08. The molecular formula is C15H20N2O4. The van der Waals surface area contributed by atoms with Crippen molar-refractivity contribution in [2.24, 2.45) is 11.1 Å². The van der Waals surface area contributed by atoms with Crippen LogP contribution in [0.3, 0.4) is 0 Å². The highest BCUT2D eigenvalue weighted by Gasteiger charge is 2.37. The number of carbonyl (C=O) groups is 2. The summed E-state index contributed by atoms with van der Waals surface area (Å²) in [5.41, 5.74) is 5.66. The second-order valence-corrected chi connectivity index (χ2v) is 5.38. The minimum absolute atomic E-state index is 0.0657. The fourth-order valence-electron chi connectivity index (χ4n) is 2.34. The number of benzene rings is 1. The molecule has 2 rings (SSSR count). The average molecular weight is 292 g/mol. The standard InChI is InChI=1S/C15H20N2O4/c1-3-15(2,9-16)14(20)17-7-8-21-12-10(13(18)19)5-4-6-11(12)17/h4-6H,3,7-9,16H2,1-2H3,(H,18,19). The van der Waals surface area contributed by atoms with Crippen molar-refractivity contribution in [3.8, 4) is 5.75 Å². The molecule has 0 aliphatic carbocycles. The molecular weight excluding hydrogens is 272 g/mol. The molecule has 0 spiro atoms. The van der Waals surface area contributed by atoms with Gasteiger partial charge in [0.1, 0.15) is 12.2 Å². The zero-order valence-electron chi connectivity index (χ0n) is 12.3. The van der Waals surface area contributed by atoms with E-state index in [0.717, 1.165) is 0 Å². The fourth-order valence-corrected chi connectivity index (χ4v) is 2.34. The van der Waals surface area contributed by atoms with E-state index in [1.807, 2.05) is 13.8 Å². The van der Waals surface area contributed by atoms with E-state index in [1.165, 1.54) is 6.07 Å². The smallest absolute Gasteiger partial charge is 0.339 e. The molecule has 1 aliphatic rings. The molecule has 1 aromatic rings. The monoisotopic (exact) mass is 292 g/mol. The van der Waals surface area contributed by atoms with Crippen molar-refractivity contribution >= 4 is 17.6 Å². The van der Waals surface area contributed by atoms with Crippen molar-refractivity contribution in [3.05, 3.63) is 23.8 Å². The third kappa shape index (κ3) is 2.58. The number of rotatable bonds is 4. The number of amides is 1. The summed E-state index contributed by atoms with van der Waals surface area (Å²) in [4.78, 5) is 25.6. The Bertz CT molecular complexity index is 567. The van der Waals surface area contributed by atoms with Gasteiger partial charge < -0.3 is 20.5 Å². The number of hydrogen-bond donors (Lipinski definition) is 2. The summed E-state index contributed by atoms with van der Waals surface area (Å²) in [6.45, 7) is 4.65. The van der Waals surface area contributed by atoms with Gasteiger partial charge in [-0.05, 0) is 25.5 Å². The van der Waals surface area contributed by atoms with Crippen LogP contribution in [0.15, 0.2) is 18.2 Å². The van der Waals surface area contributed by atoms with Crippen LogP contribution >= 0.6 is 0 Å². The number of hydrogen-bond acceptors (Lipinski definition) is 4. The Morgan fingerprint density at radius 3 is 2.76 bits per heavy atom. The molecule has 6 heteroatoms. The van der Waals surface area contributed by atoms with Gasteiger partial charge in [-0.15, -0.1) is 0 Å². The van der Waals surface area contributed by atoms with Crippen LogP contribution in [0.2, 0.25) is 0 Å². The molecule has 1 aromatic carbocycles. The van der Waals surface area contributed by atoms with E-state index >= 15 is 0 Å². The van der Waals surface area contributed by atoms with Gasteiger partial charge in [0.05, 0.1) is 17.6 Å². The van der Waals surface area contributed by atoms with Crippen molar-refractivity contribution in [3.63, 3.8) is 0 Å². The van der Waals surface area contributed by atoms with Crippen molar-refractivity contribution in [1.29, 1.82) is 0 Å². The van der Waals surface area contributed by atoms with E-state index in [-0.39, 0.29) is 30.4 Å². The first kappa shape index (κ1) is 15.3. The van der Waals surface area contributed by atoms with Gasteiger partial charge in [0.15, 0.2) is 5.75 Å². The summed E-state index contributed by atoms with van der Waals surface area (Å²) < 4.78 is 5.47. The van der Waals surface area contributed by atoms with Gasteiger partial charge in [-0.3, -0.25) is 4.79 Å². The number of carboxylic acid groups (broad SMARTS) is 1. The number of para-hydroxylation sites is 1. The lowest BCUT2D eigenvalue weighted by Gasteiger charge is -2.36.